The summed E-state index contributed by atoms with van der Waals surface area (Å²) in [5.74, 6) is 0.398. The van der Waals surface area contributed by atoms with Crippen LogP contribution in [0.15, 0.2) is 12.4 Å². The van der Waals surface area contributed by atoms with Gasteiger partial charge in [-0.3, -0.25) is 4.68 Å². The third kappa shape index (κ3) is 3.14. The van der Waals surface area contributed by atoms with E-state index in [1.165, 1.54) is 5.56 Å². The molecule has 0 fully saturated rings. The molecule has 1 heterocycles. The van der Waals surface area contributed by atoms with Gasteiger partial charge in [0, 0.05) is 19.3 Å². The number of aromatic nitrogens is 2. The number of rotatable bonds is 6. The summed E-state index contributed by atoms with van der Waals surface area (Å²) in [5, 5.41) is 13.4. The van der Waals surface area contributed by atoms with Crippen LogP contribution in [0.5, 0.6) is 0 Å². The summed E-state index contributed by atoms with van der Waals surface area (Å²) in [6.07, 6.45) is 7.14. The standard InChI is InChI=1S/C11H20N2O/c1-3-5-10(9-14)6-11-7-12-13(4-2)8-11/h7-8,10,14H,3-6,9H2,1-2H3. The second kappa shape index (κ2) is 5.81. The zero-order valence-electron chi connectivity index (χ0n) is 9.11. The Labute approximate surface area is 85.8 Å². The fourth-order valence-electron chi connectivity index (χ4n) is 1.68. The largest absolute Gasteiger partial charge is 0.396 e. The van der Waals surface area contributed by atoms with Gasteiger partial charge in [-0.1, -0.05) is 13.3 Å². The van der Waals surface area contributed by atoms with E-state index in [9.17, 15) is 0 Å². The van der Waals surface area contributed by atoms with Gasteiger partial charge in [0.1, 0.15) is 0 Å². The fraction of sp³-hybridized carbons (Fsp3) is 0.727. The molecule has 0 aliphatic carbocycles. The average molecular weight is 196 g/mol. The number of aliphatic hydroxyl groups is 1. The van der Waals surface area contributed by atoms with E-state index < -0.39 is 0 Å². The Morgan fingerprint density at radius 3 is 2.79 bits per heavy atom. The van der Waals surface area contributed by atoms with Crippen molar-refractivity contribution >= 4 is 0 Å². The SMILES string of the molecule is CCCC(CO)Cc1cnn(CC)c1. The lowest BCUT2D eigenvalue weighted by Gasteiger charge is -2.10. The summed E-state index contributed by atoms with van der Waals surface area (Å²) in [4.78, 5) is 0. The van der Waals surface area contributed by atoms with Crippen LogP contribution >= 0.6 is 0 Å². The zero-order valence-corrected chi connectivity index (χ0v) is 9.11. The molecule has 1 aromatic rings. The van der Waals surface area contributed by atoms with Crippen LogP contribution in [0.3, 0.4) is 0 Å². The molecule has 14 heavy (non-hydrogen) atoms. The van der Waals surface area contributed by atoms with E-state index in [0.29, 0.717) is 5.92 Å². The molecule has 0 amide bonds. The smallest absolute Gasteiger partial charge is 0.0521 e. The van der Waals surface area contributed by atoms with Crippen LogP contribution in [0.4, 0.5) is 0 Å². The first-order valence-electron chi connectivity index (χ1n) is 5.42. The normalized spacial score (nSPS) is 13.1. The molecule has 0 aliphatic rings. The molecule has 0 radical (unpaired) electrons. The molecule has 80 valence electrons. The highest BCUT2D eigenvalue weighted by Gasteiger charge is 2.08. The van der Waals surface area contributed by atoms with E-state index in [1.807, 2.05) is 10.9 Å². The molecule has 1 unspecified atom stereocenters. The second-order valence-electron chi connectivity index (χ2n) is 3.75. The van der Waals surface area contributed by atoms with Gasteiger partial charge in [0.2, 0.25) is 0 Å². The third-order valence-electron chi connectivity index (χ3n) is 2.49. The lowest BCUT2D eigenvalue weighted by molar-refractivity contribution is 0.217. The Kier molecular flexibility index (Phi) is 4.66. The molecule has 0 aromatic carbocycles. The molecule has 1 rings (SSSR count). The van der Waals surface area contributed by atoms with Crippen LogP contribution in [0.2, 0.25) is 0 Å². The number of hydrogen-bond donors (Lipinski definition) is 1. The van der Waals surface area contributed by atoms with Gasteiger partial charge in [-0.2, -0.15) is 5.10 Å². The Balaban J connectivity index is 2.48. The summed E-state index contributed by atoms with van der Waals surface area (Å²) in [6, 6.07) is 0. The predicted molar refractivity (Wildman–Crippen MR) is 57.1 cm³/mol. The van der Waals surface area contributed by atoms with Gasteiger partial charge in [-0.25, -0.2) is 0 Å². The number of hydrogen-bond acceptors (Lipinski definition) is 2. The maximum atomic E-state index is 9.16. The lowest BCUT2D eigenvalue weighted by Crippen LogP contribution is -2.08. The first-order chi connectivity index (χ1) is 6.80. The highest BCUT2D eigenvalue weighted by Crippen LogP contribution is 2.12. The Bertz CT molecular complexity index is 258. The maximum absolute atomic E-state index is 9.16. The van der Waals surface area contributed by atoms with Crippen molar-refractivity contribution in [3.63, 3.8) is 0 Å². The van der Waals surface area contributed by atoms with E-state index in [4.69, 9.17) is 5.11 Å². The lowest BCUT2D eigenvalue weighted by atomic mass is 9.98. The number of aryl methyl sites for hydroxylation is 1. The summed E-state index contributed by atoms with van der Waals surface area (Å²) in [7, 11) is 0. The van der Waals surface area contributed by atoms with Crippen molar-refractivity contribution in [2.75, 3.05) is 6.61 Å². The number of nitrogens with zero attached hydrogens (tertiary/aromatic N) is 2. The Morgan fingerprint density at radius 1 is 1.50 bits per heavy atom. The monoisotopic (exact) mass is 196 g/mol. The molecular weight excluding hydrogens is 176 g/mol. The molecule has 0 bridgehead atoms. The van der Waals surface area contributed by atoms with Crippen molar-refractivity contribution in [3.05, 3.63) is 18.0 Å². The highest BCUT2D eigenvalue weighted by molar-refractivity contribution is 5.04. The minimum absolute atomic E-state index is 0.283. The third-order valence-corrected chi connectivity index (χ3v) is 2.49. The predicted octanol–water partition coefficient (Wildman–Crippen LogP) is 1.85. The molecule has 1 N–H and O–H groups in total. The van der Waals surface area contributed by atoms with Crippen LogP contribution in [-0.4, -0.2) is 21.5 Å². The highest BCUT2D eigenvalue weighted by atomic mass is 16.3. The van der Waals surface area contributed by atoms with Gasteiger partial charge in [-0.05, 0) is 31.2 Å². The minimum atomic E-state index is 0.283. The van der Waals surface area contributed by atoms with E-state index in [-0.39, 0.29) is 6.61 Å². The molecule has 0 saturated carbocycles. The summed E-state index contributed by atoms with van der Waals surface area (Å²) in [5.41, 5.74) is 1.24. The molecule has 0 saturated heterocycles. The molecule has 3 heteroatoms. The molecule has 3 nitrogen and oxygen atoms in total. The molecular formula is C11H20N2O. The Hall–Kier alpha value is -0.830. The summed E-state index contributed by atoms with van der Waals surface area (Å²) in [6.45, 7) is 5.42. The van der Waals surface area contributed by atoms with Gasteiger partial charge in [0.05, 0.1) is 6.20 Å². The van der Waals surface area contributed by atoms with Crippen molar-refractivity contribution in [1.29, 1.82) is 0 Å². The minimum Gasteiger partial charge on any atom is -0.396 e. The van der Waals surface area contributed by atoms with Crippen molar-refractivity contribution in [1.82, 2.24) is 9.78 Å². The van der Waals surface area contributed by atoms with Crippen molar-refractivity contribution < 1.29 is 5.11 Å². The van der Waals surface area contributed by atoms with Gasteiger partial charge in [0.25, 0.3) is 0 Å². The maximum Gasteiger partial charge on any atom is 0.0521 e. The van der Waals surface area contributed by atoms with Crippen molar-refractivity contribution in [3.8, 4) is 0 Å². The number of aliphatic hydroxyl groups excluding tert-OH is 1. The van der Waals surface area contributed by atoms with Gasteiger partial charge < -0.3 is 5.11 Å². The van der Waals surface area contributed by atoms with E-state index in [2.05, 4.69) is 25.1 Å². The van der Waals surface area contributed by atoms with Gasteiger partial charge in [-0.15, -0.1) is 0 Å². The van der Waals surface area contributed by atoms with Crippen molar-refractivity contribution in [2.45, 2.75) is 39.7 Å². The second-order valence-corrected chi connectivity index (χ2v) is 3.75. The van der Waals surface area contributed by atoms with Crippen LogP contribution < -0.4 is 0 Å². The summed E-state index contributed by atoms with van der Waals surface area (Å²) >= 11 is 0. The van der Waals surface area contributed by atoms with Crippen molar-refractivity contribution in [2.24, 2.45) is 5.92 Å². The van der Waals surface area contributed by atoms with E-state index in [1.54, 1.807) is 0 Å². The first kappa shape index (κ1) is 11.2. The van der Waals surface area contributed by atoms with Crippen LogP contribution in [0, 0.1) is 5.92 Å². The van der Waals surface area contributed by atoms with Crippen LogP contribution in [0.25, 0.3) is 0 Å². The van der Waals surface area contributed by atoms with Gasteiger partial charge >= 0.3 is 0 Å². The summed E-state index contributed by atoms with van der Waals surface area (Å²) < 4.78 is 1.93. The molecule has 0 aliphatic heterocycles. The van der Waals surface area contributed by atoms with E-state index >= 15 is 0 Å². The van der Waals surface area contributed by atoms with E-state index in [0.717, 1.165) is 25.8 Å². The van der Waals surface area contributed by atoms with Gasteiger partial charge in [0.15, 0.2) is 0 Å². The van der Waals surface area contributed by atoms with Crippen LogP contribution in [0.1, 0.15) is 32.3 Å². The molecule has 0 spiro atoms. The zero-order chi connectivity index (χ0) is 10.4. The average Bonchev–Trinajstić information content (AvgIpc) is 2.65. The Morgan fingerprint density at radius 2 is 2.29 bits per heavy atom. The quantitative estimate of drug-likeness (QED) is 0.754. The molecule has 1 atom stereocenters. The first-order valence-corrected chi connectivity index (χ1v) is 5.42. The van der Waals surface area contributed by atoms with Crippen LogP contribution in [-0.2, 0) is 13.0 Å². The topological polar surface area (TPSA) is 38.1 Å². The molecule has 1 aromatic heterocycles. The fourth-order valence-corrected chi connectivity index (χ4v) is 1.68.